The molecule has 94 valence electrons. The van der Waals surface area contributed by atoms with Gasteiger partial charge in [0.2, 0.25) is 0 Å². The van der Waals surface area contributed by atoms with E-state index in [1.54, 1.807) is 0 Å². The number of aromatic carboxylic acids is 1. The number of carboxylic acid groups (broad SMARTS) is 1. The van der Waals surface area contributed by atoms with Gasteiger partial charge in [-0.25, -0.2) is 9.78 Å². The van der Waals surface area contributed by atoms with Gasteiger partial charge in [0.25, 0.3) is 0 Å². The van der Waals surface area contributed by atoms with E-state index in [9.17, 15) is 18.0 Å². The molecule has 5 N–H and O–H groups in total. The highest BCUT2D eigenvalue weighted by Crippen LogP contribution is 2.30. The summed E-state index contributed by atoms with van der Waals surface area (Å²) in [5, 5.41) is 8.66. The molecule has 0 radical (unpaired) electrons. The van der Waals surface area contributed by atoms with E-state index in [1.165, 1.54) is 0 Å². The normalized spacial score (nSPS) is 11.3. The maximum atomic E-state index is 12.0. The van der Waals surface area contributed by atoms with E-state index < -0.39 is 36.0 Å². The van der Waals surface area contributed by atoms with Crippen molar-refractivity contribution in [2.75, 3.05) is 5.73 Å². The summed E-state index contributed by atoms with van der Waals surface area (Å²) >= 11 is 0. The van der Waals surface area contributed by atoms with Crippen molar-refractivity contribution in [3.8, 4) is 5.75 Å². The number of aromatic nitrogens is 1. The number of alkyl halides is 3. The topological polar surface area (TPSA) is 111 Å². The average Bonchev–Trinajstić information content (AvgIpc) is 2.15. The van der Waals surface area contributed by atoms with Gasteiger partial charge in [-0.1, -0.05) is 0 Å². The first-order valence-electron chi connectivity index (χ1n) is 4.22. The zero-order valence-corrected chi connectivity index (χ0v) is 8.28. The van der Waals surface area contributed by atoms with Crippen LogP contribution < -0.4 is 16.2 Å². The second kappa shape index (κ2) is 4.45. The molecule has 0 unspecified atom stereocenters. The van der Waals surface area contributed by atoms with E-state index in [1.807, 2.05) is 0 Å². The number of rotatable bonds is 3. The fourth-order valence-electron chi connectivity index (χ4n) is 1.14. The molecule has 0 aliphatic rings. The molecule has 0 spiro atoms. The molecule has 0 amide bonds. The molecule has 0 saturated heterocycles. The van der Waals surface area contributed by atoms with Gasteiger partial charge in [-0.2, -0.15) is 0 Å². The Balaban J connectivity index is 3.26. The summed E-state index contributed by atoms with van der Waals surface area (Å²) in [7, 11) is 0. The van der Waals surface area contributed by atoms with E-state index in [2.05, 4.69) is 9.72 Å². The minimum Gasteiger partial charge on any atom is -0.476 e. The first kappa shape index (κ1) is 13.0. The van der Waals surface area contributed by atoms with E-state index in [0.717, 1.165) is 0 Å². The fourth-order valence-corrected chi connectivity index (χ4v) is 1.14. The molecule has 1 aromatic rings. The van der Waals surface area contributed by atoms with Gasteiger partial charge >= 0.3 is 12.3 Å². The summed E-state index contributed by atoms with van der Waals surface area (Å²) < 4.78 is 39.6. The number of carboxylic acids is 1. The summed E-state index contributed by atoms with van der Waals surface area (Å²) in [5.41, 5.74) is 9.27. The van der Waals surface area contributed by atoms with Crippen molar-refractivity contribution in [1.82, 2.24) is 4.98 Å². The van der Waals surface area contributed by atoms with Gasteiger partial charge < -0.3 is 21.3 Å². The Bertz CT molecular complexity index is 448. The average molecular weight is 251 g/mol. The monoisotopic (exact) mass is 251 g/mol. The van der Waals surface area contributed by atoms with Crippen molar-refractivity contribution in [2.24, 2.45) is 5.73 Å². The van der Waals surface area contributed by atoms with Crippen molar-refractivity contribution in [3.63, 3.8) is 0 Å². The molecule has 1 aromatic heterocycles. The first-order valence-corrected chi connectivity index (χ1v) is 4.22. The molecular weight excluding hydrogens is 243 g/mol. The molecule has 0 fully saturated rings. The van der Waals surface area contributed by atoms with Crippen LogP contribution >= 0.6 is 0 Å². The van der Waals surface area contributed by atoms with Crippen molar-refractivity contribution < 1.29 is 27.8 Å². The highest BCUT2D eigenvalue weighted by Gasteiger charge is 2.33. The lowest BCUT2D eigenvalue weighted by Gasteiger charge is -2.14. The number of nitrogens with zero attached hydrogens (tertiary/aromatic N) is 1. The summed E-state index contributed by atoms with van der Waals surface area (Å²) in [5.74, 6) is -2.17. The third-order valence-corrected chi connectivity index (χ3v) is 1.82. The second-order valence-electron chi connectivity index (χ2n) is 2.92. The van der Waals surface area contributed by atoms with Crippen LogP contribution in [0, 0.1) is 0 Å². The van der Waals surface area contributed by atoms with Crippen molar-refractivity contribution >= 4 is 11.7 Å². The Morgan fingerprint density at radius 1 is 1.53 bits per heavy atom. The lowest BCUT2D eigenvalue weighted by molar-refractivity contribution is -0.275. The van der Waals surface area contributed by atoms with Gasteiger partial charge in [0.15, 0.2) is 11.4 Å². The van der Waals surface area contributed by atoms with Gasteiger partial charge in [-0.05, 0) is 0 Å². The van der Waals surface area contributed by atoms with E-state index in [4.69, 9.17) is 16.6 Å². The van der Waals surface area contributed by atoms with Crippen LogP contribution in [0.4, 0.5) is 18.9 Å². The van der Waals surface area contributed by atoms with Crippen LogP contribution in [0.3, 0.4) is 0 Å². The number of nitrogen functional groups attached to an aromatic ring is 1. The summed E-state index contributed by atoms with van der Waals surface area (Å²) in [4.78, 5) is 13.9. The second-order valence-corrected chi connectivity index (χ2v) is 2.92. The van der Waals surface area contributed by atoms with Crippen LogP contribution in [0.25, 0.3) is 0 Å². The van der Waals surface area contributed by atoms with Crippen LogP contribution in [0.1, 0.15) is 16.1 Å². The number of hydrogen-bond donors (Lipinski definition) is 3. The highest BCUT2D eigenvalue weighted by atomic mass is 19.4. The molecular formula is C8H8F3N3O3. The number of nitrogens with two attached hydrogens (primary N) is 2. The van der Waals surface area contributed by atoms with Crippen LogP contribution in [-0.2, 0) is 6.54 Å². The van der Waals surface area contributed by atoms with Gasteiger partial charge in [0.05, 0.1) is 11.9 Å². The van der Waals surface area contributed by atoms with Crippen LogP contribution in [0.15, 0.2) is 6.20 Å². The predicted molar refractivity (Wildman–Crippen MR) is 50.2 cm³/mol. The van der Waals surface area contributed by atoms with E-state index in [-0.39, 0.29) is 5.56 Å². The number of carbonyl (C=O) groups is 1. The van der Waals surface area contributed by atoms with Crippen molar-refractivity contribution in [2.45, 2.75) is 12.9 Å². The molecule has 1 heterocycles. The lowest BCUT2D eigenvalue weighted by Crippen LogP contribution is -2.20. The Morgan fingerprint density at radius 3 is 2.53 bits per heavy atom. The number of halogens is 3. The van der Waals surface area contributed by atoms with E-state index in [0.29, 0.717) is 6.20 Å². The quantitative estimate of drug-likeness (QED) is 0.729. The molecule has 0 aliphatic carbocycles. The largest absolute Gasteiger partial charge is 0.573 e. The van der Waals surface area contributed by atoms with Gasteiger partial charge in [-0.3, -0.25) is 0 Å². The van der Waals surface area contributed by atoms with Gasteiger partial charge in [0.1, 0.15) is 0 Å². The number of pyridine rings is 1. The molecule has 0 bridgehead atoms. The van der Waals surface area contributed by atoms with Gasteiger partial charge in [0, 0.05) is 12.1 Å². The maximum Gasteiger partial charge on any atom is 0.573 e. The summed E-state index contributed by atoms with van der Waals surface area (Å²) in [6.45, 7) is -0.403. The molecule has 1 rings (SSSR count). The molecule has 17 heavy (non-hydrogen) atoms. The maximum absolute atomic E-state index is 12.0. The Kier molecular flexibility index (Phi) is 3.42. The van der Waals surface area contributed by atoms with Crippen LogP contribution in [-0.4, -0.2) is 22.4 Å². The lowest BCUT2D eigenvalue weighted by atomic mass is 10.1. The Hall–Kier alpha value is -2.03. The fraction of sp³-hybridized carbons (Fsp3) is 0.250. The number of hydrogen-bond acceptors (Lipinski definition) is 5. The molecule has 0 aromatic carbocycles. The number of anilines is 1. The van der Waals surface area contributed by atoms with Crippen molar-refractivity contribution in [3.05, 3.63) is 17.5 Å². The summed E-state index contributed by atoms with van der Waals surface area (Å²) in [6.07, 6.45) is -4.31. The third kappa shape index (κ3) is 2.97. The predicted octanol–water partition coefficient (Wildman–Crippen LogP) is 0.719. The van der Waals surface area contributed by atoms with Gasteiger partial charge in [-0.15, -0.1) is 13.2 Å². The van der Waals surface area contributed by atoms with E-state index >= 15 is 0 Å². The molecule has 0 aliphatic heterocycles. The Labute approximate surface area is 93.0 Å². The highest BCUT2D eigenvalue weighted by molar-refractivity contribution is 5.92. The molecule has 6 nitrogen and oxygen atoms in total. The molecule has 0 atom stereocenters. The minimum atomic E-state index is -4.93. The molecule has 9 heteroatoms. The Morgan fingerprint density at radius 2 is 2.12 bits per heavy atom. The van der Waals surface area contributed by atoms with Crippen LogP contribution in [0.2, 0.25) is 0 Å². The van der Waals surface area contributed by atoms with Crippen molar-refractivity contribution in [1.29, 1.82) is 0 Å². The number of ether oxygens (including phenoxy) is 1. The molecule has 0 saturated carbocycles. The smallest absolute Gasteiger partial charge is 0.476 e. The zero-order chi connectivity index (χ0) is 13.2. The minimum absolute atomic E-state index is 0.255. The zero-order valence-electron chi connectivity index (χ0n) is 8.28. The van der Waals surface area contributed by atoms with Crippen LogP contribution in [0.5, 0.6) is 5.75 Å². The SMILES string of the molecule is NCc1c(OC(F)(F)F)cnc(C(=O)O)c1N. The standard InChI is InChI=1S/C8H8F3N3O3/c9-8(10,11)17-4-2-14-6(7(15)16)5(13)3(4)1-12/h2H,1,12-13H2,(H,15,16). The summed E-state index contributed by atoms with van der Waals surface area (Å²) in [6, 6.07) is 0. The third-order valence-electron chi connectivity index (χ3n) is 1.82. The first-order chi connectivity index (χ1) is 7.76.